The maximum absolute atomic E-state index is 13.8. The molecule has 3 nitrogen and oxygen atoms in total. The van der Waals surface area contributed by atoms with Crippen LogP contribution in [0.4, 0.5) is 4.39 Å². The lowest BCUT2D eigenvalue weighted by Crippen LogP contribution is -2.50. The summed E-state index contributed by atoms with van der Waals surface area (Å²) in [4.78, 5) is 4.06. The monoisotopic (exact) mass is 211 g/mol. The first-order valence-corrected chi connectivity index (χ1v) is 5.38. The van der Waals surface area contributed by atoms with Crippen molar-refractivity contribution < 1.29 is 4.39 Å². The minimum absolute atomic E-state index is 0.00954. The standard InChI is InChI=1S/C11H18FN3/c1-14-6-4-11(10(12)8-14)15-5-2-3-9(13)7-15/h2-3,5,10-11H,4,6-8,13H2,1H3/t10-,11?/m1/s1. The summed E-state index contributed by atoms with van der Waals surface area (Å²) < 4.78 is 13.8. The average Bonchev–Trinajstić information content (AvgIpc) is 2.17. The number of nitrogens with two attached hydrogens (primary N) is 1. The third-order valence-corrected chi connectivity index (χ3v) is 3.09. The molecule has 0 aromatic heterocycles. The van der Waals surface area contributed by atoms with Crippen molar-refractivity contribution in [3.05, 3.63) is 24.0 Å². The van der Waals surface area contributed by atoms with Crippen LogP contribution in [0.3, 0.4) is 0 Å². The average molecular weight is 211 g/mol. The summed E-state index contributed by atoms with van der Waals surface area (Å²) in [6.07, 6.45) is 5.80. The van der Waals surface area contributed by atoms with Crippen LogP contribution in [0.2, 0.25) is 0 Å². The van der Waals surface area contributed by atoms with Gasteiger partial charge in [0.2, 0.25) is 0 Å². The van der Waals surface area contributed by atoms with E-state index in [-0.39, 0.29) is 6.04 Å². The van der Waals surface area contributed by atoms with Gasteiger partial charge in [-0.05, 0) is 31.8 Å². The van der Waals surface area contributed by atoms with E-state index in [9.17, 15) is 4.39 Å². The molecule has 15 heavy (non-hydrogen) atoms. The van der Waals surface area contributed by atoms with Crippen molar-refractivity contribution in [2.24, 2.45) is 5.73 Å². The lowest BCUT2D eigenvalue weighted by molar-refractivity contribution is 0.0719. The van der Waals surface area contributed by atoms with E-state index >= 15 is 0 Å². The predicted octanol–water partition coefficient (Wildman–Crippen LogP) is 0.701. The first-order chi connectivity index (χ1) is 7.16. The van der Waals surface area contributed by atoms with E-state index in [2.05, 4.69) is 0 Å². The van der Waals surface area contributed by atoms with Crippen LogP contribution >= 0.6 is 0 Å². The Morgan fingerprint density at radius 2 is 2.33 bits per heavy atom. The molecule has 4 heteroatoms. The number of hydrogen-bond acceptors (Lipinski definition) is 3. The molecule has 0 spiro atoms. The zero-order valence-corrected chi connectivity index (χ0v) is 9.06. The van der Waals surface area contributed by atoms with E-state index in [4.69, 9.17) is 5.73 Å². The summed E-state index contributed by atoms with van der Waals surface area (Å²) in [5.74, 6) is 0. The van der Waals surface area contributed by atoms with Gasteiger partial charge in [0.15, 0.2) is 0 Å². The fraction of sp³-hybridized carbons (Fsp3) is 0.636. The predicted molar refractivity (Wildman–Crippen MR) is 58.9 cm³/mol. The van der Waals surface area contributed by atoms with E-state index in [1.165, 1.54) is 0 Å². The topological polar surface area (TPSA) is 32.5 Å². The van der Waals surface area contributed by atoms with Gasteiger partial charge in [0.1, 0.15) is 6.17 Å². The molecule has 0 saturated carbocycles. The number of piperidine rings is 1. The Labute approximate surface area is 90.0 Å². The Balaban J connectivity index is 1.99. The van der Waals surface area contributed by atoms with Gasteiger partial charge in [0, 0.05) is 18.8 Å². The molecule has 2 rings (SSSR count). The van der Waals surface area contributed by atoms with Crippen molar-refractivity contribution in [2.45, 2.75) is 18.6 Å². The number of alkyl halides is 1. The Kier molecular flexibility index (Phi) is 2.95. The summed E-state index contributed by atoms with van der Waals surface area (Å²) in [7, 11) is 1.96. The summed E-state index contributed by atoms with van der Waals surface area (Å²) in [6.45, 7) is 2.14. The number of hydrogen-bond donors (Lipinski definition) is 1. The fourth-order valence-electron chi connectivity index (χ4n) is 2.24. The van der Waals surface area contributed by atoms with Crippen LogP contribution in [0.1, 0.15) is 6.42 Å². The molecule has 2 aliphatic heterocycles. The maximum atomic E-state index is 13.8. The Hall–Kier alpha value is -1.03. The minimum atomic E-state index is -0.778. The number of nitrogens with zero attached hydrogens (tertiary/aromatic N) is 2. The molecule has 1 fully saturated rings. The second-order valence-corrected chi connectivity index (χ2v) is 4.39. The van der Waals surface area contributed by atoms with Crippen LogP contribution in [0.25, 0.3) is 0 Å². The number of rotatable bonds is 1. The first-order valence-electron chi connectivity index (χ1n) is 5.38. The summed E-state index contributed by atoms with van der Waals surface area (Å²) in [6, 6.07) is -0.00954. The first kappa shape index (κ1) is 10.5. The molecule has 0 aromatic carbocycles. The molecule has 2 atom stereocenters. The van der Waals surface area contributed by atoms with Gasteiger partial charge in [-0.2, -0.15) is 0 Å². The molecule has 0 aromatic rings. The van der Waals surface area contributed by atoms with Crippen molar-refractivity contribution in [2.75, 3.05) is 26.7 Å². The molecule has 0 radical (unpaired) electrons. The van der Waals surface area contributed by atoms with Gasteiger partial charge in [0.25, 0.3) is 0 Å². The van der Waals surface area contributed by atoms with Crippen molar-refractivity contribution in [1.29, 1.82) is 0 Å². The molecule has 2 aliphatic rings. The quantitative estimate of drug-likeness (QED) is 0.693. The number of halogens is 1. The SMILES string of the molecule is CN1CCC(N2C=CC=C(N)C2)[C@H](F)C1. The second kappa shape index (κ2) is 4.23. The maximum Gasteiger partial charge on any atom is 0.133 e. The van der Waals surface area contributed by atoms with E-state index in [1.54, 1.807) is 0 Å². The van der Waals surface area contributed by atoms with Gasteiger partial charge in [-0.25, -0.2) is 4.39 Å². The van der Waals surface area contributed by atoms with Crippen LogP contribution in [-0.4, -0.2) is 48.7 Å². The van der Waals surface area contributed by atoms with Crippen molar-refractivity contribution in [1.82, 2.24) is 9.80 Å². The van der Waals surface area contributed by atoms with E-state index in [0.717, 1.165) is 18.7 Å². The number of likely N-dealkylation sites (tertiary alicyclic amines) is 1. The molecule has 2 N–H and O–H groups in total. The third kappa shape index (κ3) is 2.31. The summed E-state index contributed by atoms with van der Waals surface area (Å²) in [5.41, 5.74) is 6.55. The molecular weight excluding hydrogens is 193 g/mol. The number of allylic oxidation sites excluding steroid dienone is 2. The summed E-state index contributed by atoms with van der Waals surface area (Å²) >= 11 is 0. The molecule has 1 unspecified atom stereocenters. The smallest absolute Gasteiger partial charge is 0.133 e. The lowest BCUT2D eigenvalue weighted by Gasteiger charge is -2.39. The van der Waals surface area contributed by atoms with Gasteiger partial charge in [0.05, 0.1) is 12.6 Å². The van der Waals surface area contributed by atoms with Crippen LogP contribution in [-0.2, 0) is 0 Å². The molecular formula is C11H18FN3. The van der Waals surface area contributed by atoms with E-state index in [0.29, 0.717) is 13.1 Å². The van der Waals surface area contributed by atoms with Gasteiger partial charge < -0.3 is 15.5 Å². The zero-order valence-electron chi connectivity index (χ0n) is 9.06. The summed E-state index contributed by atoms with van der Waals surface area (Å²) in [5, 5.41) is 0. The lowest BCUT2D eigenvalue weighted by atomic mass is 10.0. The zero-order chi connectivity index (χ0) is 10.8. The molecule has 0 aliphatic carbocycles. The van der Waals surface area contributed by atoms with Gasteiger partial charge in [-0.3, -0.25) is 0 Å². The van der Waals surface area contributed by atoms with E-state index < -0.39 is 6.17 Å². The highest BCUT2D eigenvalue weighted by Crippen LogP contribution is 2.21. The van der Waals surface area contributed by atoms with Crippen LogP contribution in [0.5, 0.6) is 0 Å². The van der Waals surface area contributed by atoms with Crippen molar-refractivity contribution in [3.8, 4) is 0 Å². The second-order valence-electron chi connectivity index (χ2n) is 4.39. The van der Waals surface area contributed by atoms with Crippen molar-refractivity contribution >= 4 is 0 Å². The van der Waals surface area contributed by atoms with Crippen LogP contribution in [0.15, 0.2) is 24.0 Å². The highest BCUT2D eigenvalue weighted by Gasteiger charge is 2.31. The largest absolute Gasteiger partial charge is 0.401 e. The Bertz CT molecular complexity index is 288. The molecule has 2 heterocycles. The highest BCUT2D eigenvalue weighted by molar-refractivity contribution is 5.17. The highest BCUT2D eigenvalue weighted by atomic mass is 19.1. The minimum Gasteiger partial charge on any atom is -0.401 e. The third-order valence-electron chi connectivity index (χ3n) is 3.09. The Morgan fingerprint density at radius 1 is 1.53 bits per heavy atom. The van der Waals surface area contributed by atoms with Crippen molar-refractivity contribution in [3.63, 3.8) is 0 Å². The Morgan fingerprint density at radius 3 is 3.00 bits per heavy atom. The van der Waals surface area contributed by atoms with Crippen LogP contribution < -0.4 is 5.73 Å². The fourth-order valence-corrected chi connectivity index (χ4v) is 2.24. The molecule has 1 saturated heterocycles. The van der Waals surface area contributed by atoms with Gasteiger partial charge >= 0.3 is 0 Å². The van der Waals surface area contributed by atoms with Crippen LogP contribution in [0, 0.1) is 0 Å². The molecule has 0 bridgehead atoms. The molecule has 84 valence electrons. The van der Waals surface area contributed by atoms with E-state index in [1.807, 2.05) is 35.2 Å². The van der Waals surface area contributed by atoms with Gasteiger partial charge in [-0.1, -0.05) is 0 Å². The molecule has 0 amide bonds. The normalized spacial score (nSPS) is 32.9. The van der Waals surface area contributed by atoms with Gasteiger partial charge in [-0.15, -0.1) is 0 Å².